The first kappa shape index (κ1) is 14.9. The number of hydrogen-bond donors (Lipinski definition) is 4. The standard InChI is InChI=1S/C10H20N2O4/c1-5(2)7(4-11)9(14)12-8(6(3)13)10(15)16/h5-8,13H,4,11H2,1-3H3,(H,12,14)(H,15,16)/t6-,7?,8+/m1/s1. The average molecular weight is 232 g/mol. The van der Waals surface area contributed by atoms with Crippen LogP contribution in [0.1, 0.15) is 20.8 Å². The third kappa shape index (κ3) is 4.16. The van der Waals surface area contributed by atoms with Gasteiger partial charge >= 0.3 is 5.97 Å². The first-order valence-corrected chi connectivity index (χ1v) is 5.22. The summed E-state index contributed by atoms with van der Waals surface area (Å²) < 4.78 is 0. The van der Waals surface area contributed by atoms with E-state index in [1.54, 1.807) is 0 Å². The molecule has 5 N–H and O–H groups in total. The largest absolute Gasteiger partial charge is 0.480 e. The fourth-order valence-corrected chi connectivity index (χ4v) is 1.33. The van der Waals surface area contributed by atoms with Crippen molar-refractivity contribution in [3.63, 3.8) is 0 Å². The monoisotopic (exact) mass is 232 g/mol. The lowest BCUT2D eigenvalue weighted by Gasteiger charge is -2.22. The zero-order valence-corrected chi connectivity index (χ0v) is 9.80. The number of nitrogens with one attached hydrogen (secondary N) is 1. The molecule has 0 saturated heterocycles. The van der Waals surface area contributed by atoms with Gasteiger partial charge in [0.1, 0.15) is 0 Å². The molecule has 0 aromatic rings. The number of aliphatic hydroxyl groups is 1. The zero-order chi connectivity index (χ0) is 12.9. The van der Waals surface area contributed by atoms with Gasteiger partial charge in [-0.15, -0.1) is 0 Å². The van der Waals surface area contributed by atoms with Crippen LogP contribution in [0.4, 0.5) is 0 Å². The van der Waals surface area contributed by atoms with Crippen LogP contribution in [-0.2, 0) is 9.59 Å². The van der Waals surface area contributed by atoms with Gasteiger partial charge in [0.25, 0.3) is 0 Å². The third-order valence-electron chi connectivity index (χ3n) is 2.44. The summed E-state index contributed by atoms with van der Waals surface area (Å²) in [6.45, 7) is 5.12. The molecule has 0 rings (SSSR count). The lowest BCUT2D eigenvalue weighted by Crippen LogP contribution is -2.51. The summed E-state index contributed by atoms with van der Waals surface area (Å²) in [5, 5.41) is 20.3. The molecule has 0 aliphatic rings. The molecule has 0 aromatic carbocycles. The second kappa shape index (κ2) is 6.44. The van der Waals surface area contributed by atoms with Crippen molar-refractivity contribution < 1.29 is 19.8 Å². The van der Waals surface area contributed by atoms with Gasteiger partial charge in [-0.2, -0.15) is 0 Å². The van der Waals surface area contributed by atoms with Crippen molar-refractivity contribution in [1.29, 1.82) is 0 Å². The predicted octanol–water partition coefficient (Wildman–Crippen LogP) is -0.832. The maximum atomic E-state index is 11.7. The normalized spacial score (nSPS) is 16.6. The van der Waals surface area contributed by atoms with Gasteiger partial charge in [0.05, 0.1) is 12.0 Å². The van der Waals surface area contributed by atoms with Gasteiger partial charge in [-0.3, -0.25) is 4.79 Å². The molecule has 0 spiro atoms. The fraction of sp³-hybridized carbons (Fsp3) is 0.800. The van der Waals surface area contributed by atoms with Gasteiger partial charge < -0.3 is 21.3 Å². The van der Waals surface area contributed by atoms with Gasteiger partial charge in [-0.25, -0.2) is 4.79 Å². The van der Waals surface area contributed by atoms with Crippen LogP contribution in [-0.4, -0.2) is 40.8 Å². The van der Waals surface area contributed by atoms with Gasteiger partial charge in [0.2, 0.25) is 5.91 Å². The number of aliphatic carboxylic acids is 1. The van der Waals surface area contributed by atoms with Crippen LogP contribution in [0.15, 0.2) is 0 Å². The van der Waals surface area contributed by atoms with Crippen molar-refractivity contribution in [2.24, 2.45) is 17.6 Å². The molecule has 16 heavy (non-hydrogen) atoms. The fourth-order valence-electron chi connectivity index (χ4n) is 1.33. The van der Waals surface area contributed by atoms with Crippen molar-refractivity contribution in [3.05, 3.63) is 0 Å². The van der Waals surface area contributed by atoms with E-state index in [1.807, 2.05) is 13.8 Å². The van der Waals surface area contributed by atoms with E-state index >= 15 is 0 Å². The van der Waals surface area contributed by atoms with E-state index in [-0.39, 0.29) is 12.5 Å². The van der Waals surface area contributed by atoms with E-state index in [0.717, 1.165) is 0 Å². The van der Waals surface area contributed by atoms with Gasteiger partial charge in [0, 0.05) is 6.54 Å². The second-order valence-corrected chi connectivity index (χ2v) is 4.15. The lowest BCUT2D eigenvalue weighted by atomic mass is 9.94. The van der Waals surface area contributed by atoms with E-state index in [4.69, 9.17) is 10.8 Å². The molecule has 0 aromatic heterocycles. The van der Waals surface area contributed by atoms with E-state index in [2.05, 4.69) is 5.32 Å². The Morgan fingerprint density at radius 2 is 1.81 bits per heavy atom. The Morgan fingerprint density at radius 3 is 2.06 bits per heavy atom. The van der Waals surface area contributed by atoms with Crippen molar-refractivity contribution in [3.8, 4) is 0 Å². The number of carbonyl (C=O) groups excluding carboxylic acids is 1. The van der Waals surface area contributed by atoms with Crippen LogP contribution in [0.3, 0.4) is 0 Å². The summed E-state index contributed by atoms with van der Waals surface area (Å²) in [6.07, 6.45) is -1.15. The number of amides is 1. The number of carboxylic acid groups (broad SMARTS) is 1. The molecule has 0 fully saturated rings. The molecule has 94 valence electrons. The van der Waals surface area contributed by atoms with E-state index < -0.39 is 29.9 Å². The third-order valence-corrected chi connectivity index (χ3v) is 2.44. The molecule has 0 aliphatic carbocycles. The van der Waals surface area contributed by atoms with Crippen molar-refractivity contribution in [1.82, 2.24) is 5.32 Å². The number of carbonyl (C=O) groups is 2. The maximum Gasteiger partial charge on any atom is 0.328 e. The molecule has 0 saturated carbocycles. The average Bonchev–Trinajstić information content (AvgIpc) is 2.13. The Bertz CT molecular complexity index is 253. The Labute approximate surface area is 94.8 Å². The van der Waals surface area contributed by atoms with Crippen LogP contribution in [0.5, 0.6) is 0 Å². The van der Waals surface area contributed by atoms with Gasteiger partial charge in [-0.05, 0) is 12.8 Å². The predicted molar refractivity (Wildman–Crippen MR) is 58.6 cm³/mol. The molecular weight excluding hydrogens is 212 g/mol. The Kier molecular flexibility index (Phi) is 5.98. The molecule has 0 heterocycles. The quantitative estimate of drug-likeness (QED) is 0.477. The van der Waals surface area contributed by atoms with Crippen LogP contribution in [0, 0.1) is 11.8 Å². The Hall–Kier alpha value is -1.14. The number of carboxylic acids is 1. The molecular formula is C10H20N2O4. The lowest BCUT2D eigenvalue weighted by molar-refractivity contribution is -0.145. The van der Waals surface area contributed by atoms with Crippen LogP contribution in [0.2, 0.25) is 0 Å². The highest BCUT2D eigenvalue weighted by molar-refractivity contribution is 5.85. The minimum absolute atomic E-state index is 0.0217. The second-order valence-electron chi connectivity index (χ2n) is 4.15. The Balaban J connectivity index is 4.56. The summed E-state index contributed by atoms with van der Waals surface area (Å²) in [6, 6.07) is -1.29. The highest BCUT2D eigenvalue weighted by Crippen LogP contribution is 2.09. The minimum Gasteiger partial charge on any atom is -0.480 e. The van der Waals surface area contributed by atoms with Gasteiger partial charge in [-0.1, -0.05) is 13.8 Å². The zero-order valence-electron chi connectivity index (χ0n) is 9.80. The summed E-state index contributed by atoms with van der Waals surface area (Å²) in [4.78, 5) is 22.4. The smallest absolute Gasteiger partial charge is 0.328 e. The van der Waals surface area contributed by atoms with Crippen LogP contribution in [0.25, 0.3) is 0 Å². The minimum atomic E-state index is -1.29. The molecule has 0 aliphatic heterocycles. The molecule has 0 bridgehead atoms. The van der Waals surface area contributed by atoms with Crippen LogP contribution < -0.4 is 11.1 Å². The van der Waals surface area contributed by atoms with E-state index in [9.17, 15) is 14.7 Å². The van der Waals surface area contributed by atoms with Crippen LogP contribution >= 0.6 is 0 Å². The summed E-state index contributed by atoms with van der Waals surface area (Å²) in [7, 11) is 0. The summed E-state index contributed by atoms with van der Waals surface area (Å²) >= 11 is 0. The molecule has 3 atom stereocenters. The number of hydrogen-bond acceptors (Lipinski definition) is 4. The first-order chi connectivity index (χ1) is 7.31. The SMILES string of the molecule is CC(C)C(CN)C(=O)N[C@H](C(=O)O)[C@@H](C)O. The van der Waals surface area contributed by atoms with E-state index in [1.165, 1.54) is 6.92 Å². The number of nitrogens with two attached hydrogens (primary N) is 1. The highest BCUT2D eigenvalue weighted by atomic mass is 16.4. The summed E-state index contributed by atoms with van der Waals surface area (Å²) in [5.74, 6) is -2.12. The molecule has 6 heteroatoms. The number of aliphatic hydroxyl groups excluding tert-OH is 1. The van der Waals surface area contributed by atoms with Gasteiger partial charge in [0.15, 0.2) is 6.04 Å². The number of rotatable bonds is 6. The van der Waals surface area contributed by atoms with Crippen molar-refractivity contribution in [2.75, 3.05) is 6.54 Å². The molecule has 0 radical (unpaired) electrons. The molecule has 6 nitrogen and oxygen atoms in total. The van der Waals surface area contributed by atoms with Crippen molar-refractivity contribution in [2.45, 2.75) is 32.9 Å². The first-order valence-electron chi connectivity index (χ1n) is 5.22. The highest BCUT2D eigenvalue weighted by Gasteiger charge is 2.29. The Morgan fingerprint density at radius 1 is 1.31 bits per heavy atom. The van der Waals surface area contributed by atoms with Crippen molar-refractivity contribution >= 4 is 11.9 Å². The topological polar surface area (TPSA) is 113 Å². The van der Waals surface area contributed by atoms with E-state index in [0.29, 0.717) is 0 Å². The molecule has 1 unspecified atom stereocenters. The molecule has 1 amide bonds. The maximum absolute atomic E-state index is 11.7. The summed E-state index contributed by atoms with van der Waals surface area (Å²) in [5.41, 5.74) is 5.43.